The summed E-state index contributed by atoms with van der Waals surface area (Å²) >= 11 is 5.81. The zero-order valence-corrected chi connectivity index (χ0v) is 9.05. The van der Waals surface area contributed by atoms with Gasteiger partial charge in [0, 0.05) is 5.02 Å². The van der Waals surface area contributed by atoms with Crippen molar-refractivity contribution in [2.75, 3.05) is 14.2 Å². The van der Waals surface area contributed by atoms with Gasteiger partial charge in [-0.1, -0.05) is 11.6 Å². The minimum atomic E-state index is -0.109. The van der Waals surface area contributed by atoms with Gasteiger partial charge in [-0.2, -0.15) is 0 Å². The van der Waals surface area contributed by atoms with E-state index in [4.69, 9.17) is 31.9 Å². The van der Waals surface area contributed by atoms with Crippen LogP contribution in [0.25, 0.3) is 0 Å². The highest BCUT2D eigenvalue weighted by Gasteiger charge is 2.10. The van der Waals surface area contributed by atoms with E-state index in [0.717, 1.165) is 0 Å². The van der Waals surface area contributed by atoms with E-state index in [-0.39, 0.29) is 23.2 Å². The molecule has 0 bridgehead atoms. The van der Waals surface area contributed by atoms with E-state index in [1.807, 2.05) is 0 Å². The third-order valence-electron chi connectivity index (χ3n) is 1.66. The summed E-state index contributed by atoms with van der Waals surface area (Å²) in [5.74, 6) is -0.217. The van der Waals surface area contributed by atoms with Crippen molar-refractivity contribution in [2.45, 2.75) is 0 Å². The van der Waals surface area contributed by atoms with Crippen molar-refractivity contribution in [2.24, 2.45) is 0 Å². The van der Waals surface area contributed by atoms with Crippen LogP contribution in [0.1, 0.15) is 11.4 Å². The Morgan fingerprint density at radius 1 is 1.13 bits per heavy atom. The highest BCUT2D eigenvalue weighted by Crippen LogP contribution is 2.13. The van der Waals surface area contributed by atoms with Crippen LogP contribution in [0.2, 0.25) is 5.02 Å². The average molecular weight is 228 g/mol. The Bertz CT molecular complexity index is 372. The van der Waals surface area contributed by atoms with Gasteiger partial charge >= 0.3 is 0 Å². The van der Waals surface area contributed by atoms with E-state index in [0.29, 0.717) is 5.02 Å². The summed E-state index contributed by atoms with van der Waals surface area (Å²) < 4.78 is 9.42. The normalized spacial score (nSPS) is 9.53. The van der Waals surface area contributed by atoms with E-state index < -0.39 is 0 Å². The van der Waals surface area contributed by atoms with Gasteiger partial charge in [0.2, 0.25) is 11.8 Å². The molecule has 0 aliphatic rings. The van der Waals surface area contributed by atoms with Gasteiger partial charge in [-0.3, -0.25) is 10.8 Å². The van der Waals surface area contributed by atoms with E-state index in [9.17, 15) is 0 Å². The Morgan fingerprint density at radius 2 is 1.53 bits per heavy atom. The zero-order valence-electron chi connectivity index (χ0n) is 8.30. The molecule has 80 valence electrons. The minimum Gasteiger partial charge on any atom is -0.480 e. The number of halogens is 1. The predicted octanol–water partition coefficient (Wildman–Crippen LogP) is 1.68. The maximum atomic E-state index is 7.42. The van der Waals surface area contributed by atoms with Crippen molar-refractivity contribution < 1.29 is 9.47 Å². The van der Waals surface area contributed by atoms with Crippen molar-refractivity contribution in [1.82, 2.24) is 4.98 Å². The van der Waals surface area contributed by atoms with E-state index in [1.165, 1.54) is 26.4 Å². The van der Waals surface area contributed by atoms with Crippen LogP contribution in [0.4, 0.5) is 0 Å². The fourth-order valence-electron chi connectivity index (χ4n) is 0.939. The Hall–Kier alpha value is -1.62. The monoisotopic (exact) mass is 227 g/mol. The lowest BCUT2D eigenvalue weighted by Gasteiger charge is -2.06. The molecule has 0 radical (unpaired) electrons. The lowest BCUT2D eigenvalue weighted by atomic mass is 10.3. The summed E-state index contributed by atoms with van der Waals surface area (Å²) in [7, 11) is 2.73. The van der Waals surface area contributed by atoms with Crippen LogP contribution < -0.4 is 0 Å². The lowest BCUT2D eigenvalue weighted by molar-refractivity contribution is 0.396. The Balaban J connectivity index is 3.16. The molecule has 0 spiro atoms. The fraction of sp³-hybridized carbons (Fsp3) is 0.222. The number of nitrogens with zero attached hydrogens (tertiary/aromatic N) is 1. The summed E-state index contributed by atoms with van der Waals surface area (Å²) in [6.45, 7) is 0. The standard InChI is InChI=1S/C9H10ClN3O2/c1-14-8(11)6-3-5(10)4-7(13-6)9(12)15-2/h3-4,11-12H,1-2H3. The topological polar surface area (TPSA) is 79.0 Å². The van der Waals surface area contributed by atoms with Gasteiger partial charge in [-0.05, 0) is 12.1 Å². The third kappa shape index (κ3) is 2.66. The predicted molar refractivity (Wildman–Crippen MR) is 56.9 cm³/mol. The number of aromatic nitrogens is 1. The molecular formula is C9H10ClN3O2. The van der Waals surface area contributed by atoms with Crippen LogP contribution >= 0.6 is 11.6 Å². The summed E-state index contributed by atoms with van der Waals surface area (Å²) in [6, 6.07) is 2.97. The number of nitrogens with one attached hydrogen (secondary N) is 2. The van der Waals surface area contributed by atoms with Gasteiger partial charge in [-0.25, -0.2) is 4.98 Å². The quantitative estimate of drug-likeness (QED) is 0.596. The molecule has 6 heteroatoms. The second kappa shape index (κ2) is 4.75. The van der Waals surface area contributed by atoms with Crippen molar-refractivity contribution >= 4 is 23.4 Å². The first-order valence-corrected chi connectivity index (χ1v) is 4.39. The average Bonchev–Trinajstić information content (AvgIpc) is 2.26. The highest BCUT2D eigenvalue weighted by molar-refractivity contribution is 6.31. The molecule has 1 rings (SSSR count). The van der Waals surface area contributed by atoms with E-state index in [2.05, 4.69) is 4.98 Å². The molecule has 0 unspecified atom stereocenters. The maximum Gasteiger partial charge on any atom is 0.232 e. The maximum absolute atomic E-state index is 7.42. The number of methoxy groups -OCH3 is 2. The summed E-state index contributed by atoms with van der Waals surface area (Å²) in [6.07, 6.45) is 0. The van der Waals surface area contributed by atoms with Gasteiger partial charge in [0.25, 0.3) is 0 Å². The van der Waals surface area contributed by atoms with Crippen LogP contribution in [0, 0.1) is 10.8 Å². The number of hydrogen-bond acceptors (Lipinski definition) is 5. The first-order chi connectivity index (χ1) is 7.08. The van der Waals surface area contributed by atoms with Crippen LogP contribution in [0.3, 0.4) is 0 Å². The van der Waals surface area contributed by atoms with Gasteiger partial charge in [0.05, 0.1) is 14.2 Å². The van der Waals surface area contributed by atoms with Crippen LogP contribution in [-0.2, 0) is 9.47 Å². The largest absolute Gasteiger partial charge is 0.480 e. The van der Waals surface area contributed by atoms with Gasteiger partial charge < -0.3 is 9.47 Å². The second-order valence-corrected chi connectivity index (χ2v) is 3.06. The second-order valence-electron chi connectivity index (χ2n) is 2.62. The van der Waals surface area contributed by atoms with Crippen LogP contribution in [-0.4, -0.2) is 31.0 Å². The number of ether oxygens (including phenoxy) is 2. The smallest absolute Gasteiger partial charge is 0.232 e. The number of pyridine rings is 1. The Kier molecular flexibility index (Phi) is 3.62. The van der Waals surface area contributed by atoms with E-state index >= 15 is 0 Å². The van der Waals surface area contributed by atoms with Gasteiger partial charge in [0.1, 0.15) is 11.4 Å². The molecule has 15 heavy (non-hydrogen) atoms. The zero-order chi connectivity index (χ0) is 11.4. The molecule has 1 aromatic rings. The third-order valence-corrected chi connectivity index (χ3v) is 1.88. The van der Waals surface area contributed by atoms with Crippen LogP contribution in [0.15, 0.2) is 12.1 Å². The van der Waals surface area contributed by atoms with Crippen molar-refractivity contribution in [1.29, 1.82) is 10.8 Å². The molecule has 0 atom stereocenters. The summed E-state index contributed by atoms with van der Waals surface area (Å²) in [4.78, 5) is 3.99. The highest BCUT2D eigenvalue weighted by atomic mass is 35.5. The molecule has 0 aliphatic heterocycles. The molecule has 0 aromatic carbocycles. The van der Waals surface area contributed by atoms with Crippen molar-refractivity contribution in [3.8, 4) is 0 Å². The SMILES string of the molecule is COC(=N)c1cc(Cl)cc(C(=N)OC)n1. The molecule has 0 amide bonds. The molecule has 1 heterocycles. The molecule has 0 saturated heterocycles. The first-order valence-electron chi connectivity index (χ1n) is 4.02. The molecule has 0 aliphatic carbocycles. The molecule has 1 aromatic heterocycles. The molecule has 5 nitrogen and oxygen atoms in total. The van der Waals surface area contributed by atoms with Crippen LogP contribution in [0.5, 0.6) is 0 Å². The number of hydrogen-bond donors (Lipinski definition) is 2. The molecule has 0 fully saturated rings. The first kappa shape index (κ1) is 11.5. The van der Waals surface area contributed by atoms with Crippen molar-refractivity contribution in [3.63, 3.8) is 0 Å². The van der Waals surface area contributed by atoms with E-state index in [1.54, 1.807) is 0 Å². The summed E-state index contributed by atoms with van der Waals surface area (Å²) in [5.41, 5.74) is 0.531. The van der Waals surface area contributed by atoms with Crippen molar-refractivity contribution in [3.05, 3.63) is 28.5 Å². The van der Waals surface area contributed by atoms with Gasteiger partial charge in [-0.15, -0.1) is 0 Å². The lowest BCUT2D eigenvalue weighted by Crippen LogP contribution is -2.10. The van der Waals surface area contributed by atoms with Gasteiger partial charge in [0.15, 0.2) is 0 Å². The number of rotatable bonds is 2. The molecule has 0 saturated carbocycles. The fourth-order valence-corrected chi connectivity index (χ4v) is 1.15. The molecule has 2 N–H and O–H groups in total. The Morgan fingerprint density at radius 3 is 1.87 bits per heavy atom. The minimum absolute atomic E-state index is 0.109. The Labute approximate surface area is 92.0 Å². The summed E-state index contributed by atoms with van der Waals surface area (Å²) in [5, 5.41) is 15.2. The molecular weight excluding hydrogens is 218 g/mol.